The average Bonchev–Trinajstić information content (AvgIpc) is 2.77. The smallest absolute Gasteiger partial charge is 0.369 e. The van der Waals surface area contributed by atoms with Crippen molar-refractivity contribution in [3.8, 4) is 11.8 Å². The number of unbranched alkanes of at least 4 members (excludes halogenated alkanes) is 3. The minimum atomic E-state index is -4.42. The summed E-state index contributed by atoms with van der Waals surface area (Å²) < 4.78 is 65.0. The first-order valence-electron chi connectivity index (χ1n) is 10.4. The number of hydrogen-bond acceptors (Lipinski definition) is 5. The van der Waals surface area contributed by atoms with Crippen LogP contribution in [-0.4, -0.2) is 55.8 Å². The lowest BCUT2D eigenvalue weighted by Gasteiger charge is -2.35. The van der Waals surface area contributed by atoms with Crippen LogP contribution in [0.25, 0.3) is 0 Å². The molecule has 0 saturated carbocycles. The summed E-state index contributed by atoms with van der Waals surface area (Å²) >= 11 is 0. The molecule has 1 aromatic rings. The van der Waals surface area contributed by atoms with Crippen molar-refractivity contribution < 1.29 is 31.6 Å². The van der Waals surface area contributed by atoms with E-state index in [0.717, 1.165) is 31.4 Å². The van der Waals surface area contributed by atoms with Crippen molar-refractivity contribution >= 4 is 21.6 Å². The van der Waals surface area contributed by atoms with Crippen molar-refractivity contribution in [2.75, 3.05) is 36.8 Å². The normalized spacial score (nSPS) is 16.2. The van der Waals surface area contributed by atoms with E-state index in [1.165, 1.54) is 21.9 Å². The van der Waals surface area contributed by atoms with Gasteiger partial charge in [0.05, 0.1) is 11.3 Å². The Bertz CT molecular complexity index is 916. The zero-order chi connectivity index (χ0) is 23.8. The van der Waals surface area contributed by atoms with E-state index in [1.807, 2.05) is 6.92 Å². The molecule has 0 spiro atoms. The van der Waals surface area contributed by atoms with Crippen LogP contribution < -0.4 is 10.4 Å². The van der Waals surface area contributed by atoms with Crippen LogP contribution in [0.15, 0.2) is 24.3 Å². The number of benzene rings is 1. The van der Waals surface area contributed by atoms with Gasteiger partial charge in [-0.25, -0.2) is 13.9 Å². The van der Waals surface area contributed by atoms with Gasteiger partial charge in [-0.1, -0.05) is 25.7 Å². The fraction of sp³-hybridized carbons (Fsp3) is 0.571. The van der Waals surface area contributed by atoms with Gasteiger partial charge in [-0.15, -0.1) is 5.92 Å². The molecule has 0 bridgehead atoms. The van der Waals surface area contributed by atoms with E-state index >= 15 is 0 Å². The largest absolute Gasteiger partial charge is 0.416 e. The molecule has 1 amide bonds. The van der Waals surface area contributed by atoms with E-state index in [4.69, 9.17) is 5.21 Å². The third-order valence-corrected chi connectivity index (χ3v) is 7.08. The minimum Gasteiger partial charge on any atom is -0.369 e. The molecule has 1 saturated heterocycles. The molecule has 0 radical (unpaired) electrons. The zero-order valence-corrected chi connectivity index (χ0v) is 18.7. The molecule has 1 aliphatic heterocycles. The summed E-state index contributed by atoms with van der Waals surface area (Å²) in [5.74, 6) is 2.83. The quantitative estimate of drug-likeness (QED) is 0.261. The summed E-state index contributed by atoms with van der Waals surface area (Å²) in [6.07, 6.45) is -1.05. The Kier molecular flexibility index (Phi) is 9.36. The van der Waals surface area contributed by atoms with E-state index in [0.29, 0.717) is 25.2 Å². The van der Waals surface area contributed by atoms with Crippen LogP contribution in [0.1, 0.15) is 38.2 Å². The Morgan fingerprint density at radius 1 is 1.16 bits per heavy atom. The van der Waals surface area contributed by atoms with Gasteiger partial charge >= 0.3 is 6.18 Å². The first-order valence-corrected chi connectivity index (χ1v) is 12.0. The van der Waals surface area contributed by atoms with Crippen molar-refractivity contribution in [3.63, 3.8) is 0 Å². The fourth-order valence-corrected chi connectivity index (χ4v) is 4.91. The molecule has 0 aliphatic carbocycles. The number of hydroxylamine groups is 1. The third kappa shape index (κ3) is 7.39. The maximum atomic E-state index is 12.8. The van der Waals surface area contributed by atoms with Crippen LogP contribution in [0.2, 0.25) is 0 Å². The number of sulfonamides is 1. The summed E-state index contributed by atoms with van der Waals surface area (Å²) in [5.41, 5.74) is 1.30. The van der Waals surface area contributed by atoms with Gasteiger partial charge in [-0.05, 0) is 30.7 Å². The second kappa shape index (κ2) is 11.5. The van der Waals surface area contributed by atoms with E-state index < -0.39 is 39.3 Å². The Labute approximate surface area is 186 Å². The second-order valence-corrected chi connectivity index (χ2v) is 9.53. The Balaban J connectivity index is 1.99. The fourth-order valence-electron chi connectivity index (χ4n) is 3.32. The Morgan fingerprint density at radius 3 is 2.31 bits per heavy atom. The van der Waals surface area contributed by atoms with Gasteiger partial charge in [-0.3, -0.25) is 10.0 Å². The van der Waals surface area contributed by atoms with Gasteiger partial charge in [0.2, 0.25) is 10.0 Å². The Morgan fingerprint density at radius 2 is 1.78 bits per heavy atom. The summed E-state index contributed by atoms with van der Waals surface area (Å²) in [5, 5.41) is 8.93. The number of carbonyl (C=O) groups is 1. The summed E-state index contributed by atoms with van der Waals surface area (Å²) in [7, 11) is -3.83. The first-order chi connectivity index (χ1) is 15.1. The number of carbonyl (C=O) groups excluding carboxylic acids is 1. The molecule has 1 fully saturated rings. The van der Waals surface area contributed by atoms with Crippen LogP contribution in [0.3, 0.4) is 0 Å². The summed E-state index contributed by atoms with van der Waals surface area (Å²) in [4.78, 5) is 13.7. The molecule has 1 aliphatic rings. The standard InChI is InChI=1S/C21H28F3N3O4S/c1-2-3-4-5-6-7-17(20(28)25-29)16-32(30,31)27-14-12-26(13-15-27)19-10-8-18(9-11-19)21(22,23)24/h8-11,17,29H,2-5,12-16H2,1H3,(H,25,28). The van der Waals surface area contributed by atoms with Gasteiger partial charge in [0, 0.05) is 38.3 Å². The molecule has 1 atom stereocenters. The zero-order valence-electron chi connectivity index (χ0n) is 17.9. The van der Waals surface area contributed by atoms with Gasteiger partial charge in [0.25, 0.3) is 5.91 Å². The number of nitrogens with zero attached hydrogens (tertiary/aromatic N) is 2. The van der Waals surface area contributed by atoms with Gasteiger partial charge in [0.1, 0.15) is 5.92 Å². The maximum absolute atomic E-state index is 12.8. The Hall–Kier alpha value is -2.29. The lowest BCUT2D eigenvalue weighted by atomic mass is 10.1. The highest BCUT2D eigenvalue weighted by molar-refractivity contribution is 7.89. The first kappa shape index (κ1) is 26.0. The summed E-state index contributed by atoms with van der Waals surface area (Å²) in [6, 6.07) is 4.72. The molecule has 2 rings (SSSR count). The molecule has 32 heavy (non-hydrogen) atoms. The average molecular weight is 476 g/mol. The van der Waals surface area contributed by atoms with Gasteiger partial charge in [0.15, 0.2) is 0 Å². The van der Waals surface area contributed by atoms with E-state index in [2.05, 4.69) is 11.8 Å². The molecule has 11 heteroatoms. The molecule has 178 valence electrons. The van der Waals surface area contributed by atoms with Gasteiger partial charge in [-0.2, -0.15) is 17.5 Å². The number of halogens is 3. The molecular formula is C21H28F3N3O4S. The minimum absolute atomic E-state index is 0.126. The number of anilines is 1. The number of piperazine rings is 1. The predicted molar refractivity (Wildman–Crippen MR) is 114 cm³/mol. The molecule has 0 aromatic heterocycles. The van der Waals surface area contributed by atoms with Crippen molar-refractivity contribution in [1.82, 2.24) is 9.79 Å². The molecule has 2 N–H and O–H groups in total. The van der Waals surface area contributed by atoms with Crippen molar-refractivity contribution in [1.29, 1.82) is 0 Å². The van der Waals surface area contributed by atoms with Crippen LogP contribution in [0, 0.1) is 17.8 Å². The summed E-state index contributed by atoms with van der Waals surface area (Å²) in [6.45, 7) is 2.88. The van der Waals surface area contributed by atoms with Crippen molar-refractivity contribution in [2.45, 2.75) is 38.8 Å². The lowest BCUT2D eigenvalue weighted by molar-refractivity contribution is -0.137. The van der Waals surface area contributed by atoms with Gasteiger partial charge < -0.3 is 4.90 Å². The number of nitrogens with one attached hydrogen (secondary N) is 1. The van der Waals surface area contributed by atoms with Crippen LogP contribution in [-0.2, 0) is 21.0 Å². The predicted octanol–water partition coefficient (Wildman–Crippen LogP) is 2.86. The lowest BCUT2D eigenvalue weighted by Crippen LogP contribution is -2.50. The van der Waals surface area contributed by atoms with E-state index in [-0.39, 0.29) is 13.1 Å². The highest BCUT2D eigenvalue weighted by Gasteiger charge is 2.33. The van der Waals surface area contributed by atoms with Crippen LogP contribution in [0.4, 0.5) is 18.9 Å². The van der Waals surface area contributed by atoms with Crippen LogP contribution in [0.5, 0.6) is 0 Å². The third-order valence-electron chi connectivity index (χ3n) is 5.18. The van der Waals surface area contributed by atoms with E-state index in [9.17, 15) is 26.4 Å². The topological polar surface area (TPSA) is 90.0 Å². The highest BCUT2D eigenvalue weighted by Crippen LogP contribution is 2.30. The highest BCUT2D eigenvalue weighted by atomic mass is 32.2. The number of hydrogen-bond donors (Lipinski definition) is 2. The SMILES string of the molecule is CCCCCC#CC(CS(=O)(=O)N1CCN(c2ccc(C(F)(F)F)cc2)CC1)C(=O)NO. The van der Waals surface area contributed by atoms with Crippen molar-refractivity contribution in [3.05, 3.63) is 29.8 Å². The van der Waals surface area contributed by atoms with Crippen molar-refractivity contribution in [2.24, 2.45) is 5.92 Å². The molecule has 1 heterocycles. The number of rotatable bonds is 8. The maximum Gasteiger partial charge on any atom is 0.416 e. The van der Waals surface area contributed by atoms with E-state index in [1.54, 1.807) is 4.90 Å². The number of alkyl halides is 3. The number of amides is 1. The molecule has 1 aromatic carbocycles. The molecule has 1 unspecified atom stereocenters. The monoisotopic (exact) mass is 475 g/mol. The molecular weight excluding hydrogens is 447 g/mol. The second-order valence-electron chi connectivity index (χ2n) is 7.52. The molecule has 7 nitrogen and oxygen atoms in total. The van der Waals surface area contributed by atoms with Crippen LogP contribution >= 0.6 is 0 Å².